The first-order chi connectivity index (χ1) is 29.0. The molecule has 61 heavy (non-hydrogen) atoms. The van der Waals surface area contributed by atoms with E-state index < -0.39 is 40.6 Å². The quantitative estimate of drug-likeness (QED) is 0.0905. The number of thiazole rings is 1. The lowest BCUT2D eigenvalue weighted by Gasteiger charge is -2.39. The summed E-state index contributed by atoms with van der Waals surface area (Å²) < 4.78 is 25.8. The first-order valence-corrected chi connectivity index (χ1v) is 22.1. The molecule has 4 aromatic rings. The summed E-state index contributed by atoms with van der Waals surface area (Å²) in [4.78, 5) is 49.9. The van der Waals surface area contributed by atoms with Gasteiger partial charge in [0.05, 0.1) is 35.9 Å². The number of aliphatic carboxylic acids is 1. The summed E-state index contributed by atoms with van der Waals surface area (Å²) in [6.45, 7) is 15.7. The van der Waals surface area contributed by atoms with Gasteiger partial charge in [-0.2, -0.15) is 0 Å². The molecule has 2 fully saturated rings. The van der Waals surface area contributed by atoms with E-state index >= 15 is 0 Å². The number of carbonyl (C=O) groups is 3. The van der Waals surface area contributed by atoms with Crippen molar-refractivity contribution in [3.8, 4) is 22.5 Å². The van der Waals surface area contributed by atoms with Crippen LogP contribution in [0.15, 0.2) is 41.9 Å². The molecule has 0 spiro atoms. The Morgan fingerprint density at radius 2 is 1.87 bits per heavy atom. The number of benzene rings is 1. The van der Waals surface area contributed by atoms with Crippen molar-refractivity contribution in [2.45, 2.75) is 123 Å². The number of aliphatic hydroxyl groups is 1. The summed E-state index contributed by atoms with van der Waals surface area (Å²) in [6.07, 6.45) is 3.98. The van der Waals surface area contributed by atoms with Gasteiger partial charge >= 0.3 is 12.1 Å². The van der Waals surface area contributed by atoms with Gasteiger partial charge in [-0.25, -0.2) is 15.2 Å². The van der Waals surface area contributed by atoms with Crippen molar-refractivity contribution in [1.82, 2.24) is 30.3 Å². The fraction of sp³-hybridized carbons (Fsp3) is 0.578. The molecule has 332 valence electrons. The maximum atomic E-state index is 14.6. The van der Waals surface area contributed by atoms with Gasteiger partial charge in [-0.1, -0.05) is 26.8 Å². The standard InChI is InChI=1S/C45H62N6O9S/c1-9-45(48-42(56)60-43(3,4)5,41(55)51-19-11-13-34(49-51)39(53)54)40-47-35(26-61-40)29-14-15-36-32(24-29)33(25-44(6,7)27-52)38(31-12-10-18-46-37(31)28(2)57-8)50(36)20-23-59-30-16-21-58-22-17-30/h10,12,14-15,18,24,26,28,30,34,49,52H,9,11,13,16-17,19-23,25,27H2,1-8H3,(H,48,56)(H,53,54)/t28-,34?,45?/m0/s1. The van der Waals surface area contributed by atoms with Crippen LogP contribution in [0.5, 0.6) is 0 Å². The van der Waals surface area contributed by atoms with E-state index in [1.165, 1.54) is 16.3 Å². The van der Waals surface area contributed by atoms with Crippen LogP contribution in [0.25, 0.3) is 33.4 Å². The SMILES string of the molecule is CCC(NC(=O)OC(C)(C)C)(C(=O)N1CCCC(C(=O)O)N1)c1nc(-c2ccc3c(c2)c(CC(C)(C)CO)c(-c2cccnc2[C@H](C)OC)n3CCOC2CCOCC2)cs1. The second-order valence-corrected chi connectivity index (χ2v) is 18.6. The summed E-state index contributed by atoms with van der Waals surface area (Å²) in [7, 11) is 1.67. The number of hydrazine groups is 1. The summed E-state index contributed by atoms with van der Waals surface area (Å²) in [5.74, 6) is -1.59. The van der Waals surface area contributed by atoms with Gasteiger partial charge in [0.2, 0.25) is 0 Å². The molecule has 0 aliphatic carbocycles. The van der Waals surface area contributed by atoms with Crippen LogP contribution in [0.3, 0.4) is 0 Å². The highest BCUT2D eigenvalue weighted by Crippen LogP contribution is 2.42. The van der Waals surface area contributed by atoms with E-state index in [9.17, 15) is 24.6 Å². The zero-order valence-electron chi connectivity index (χ0n) is 36.7. The molecular formula is C45H62N6O9S. The predicted molar refractivity (Wildman–Crippen MR) is 233 cm³/mol. The molecule has 3 atom stereocenters. The number of carboxylic acids is 1. The average molecular weight is 863 g/mol. The van der Waals surface area contributed by atoms with Crippen LogP contribution in [0.2, 0.25) is 0 Å². The smallest absolute Gasteiger partial charge is 0.408 e. The fourth-order valence-electron chi connectivity index (χ4n) is 8.05. The molecule has 2 unspecified atom stereocenters. The van der Waals surface area contributed by atoms with Crippen molar-refractivity contribution < 1.29 is 43.5 Å². The van der Waals surface area contributed by atoms with E-state index in [2.05, 4.69) is 33.5 Å². The Labute approximate surface area is 362 Å². The molecule has 3 aromatic heterocycles. The fourth-order valence-corrected chi connectivity index (χ4v) is 9.10. The van der Waals surface area contributed by atoms with Gasteiger partial charge in [0.25, 0.3) is 5.91 Å². The molecule has 1 aromatic carbocycles. The Bertz CT molecular complexity index is 2170. The number of nitrogens with zero attached hydrogens (tertiary/aromatic N) is 4. The number of hydrogen-bond donors (Lipinski definition) is 4. The minimum atomic E-state index is -1.67. The van der Waals surface area contributed by atoms with Crippen LogP contribution in [0.1, 0.15) is 103 Å². The third-order valence-electron chi connectivity index (χ3n) is 11.4. The summed E-state index contributed by atoms with van der Waals surface area (Å²) in [5.41, 5.74) is 5.94. The molecule has 0 saturated carbocycles. The molecule has 15 nitrogen and oxygen atoms in total. The third kappa shape index (κ3) is 10.4. The van der Waals surface area contributed by atoms with Gasteiger partial charge in [0, 0.05) is 73.6 Å². The molecule has 0 radical (unpaired) electrons. The van der Waals surface area contributed by atoms with Crippen LogP contribution in [0, 0.1) is 5.41 Å². The Hall–Kier alpha value is -4.45. The summed E-state index contributed by atoms with van der Waals surface area (Å²) in [5, 5.41) is 27.7. The molecular weight excluding hydrogens is 801 g/mol. The predicted octanol–water partition coefficient (Wildman–Crippen LogP) is 7.00. The highest BCUT2D eigenvalue weighted by atomic mass is 32.1. The van der Waals surface area contributed by atoms with Crippen molar-refractivity contribution in [3.05, 3.63) is 58.2 Å². The number of aliphatic hydroxyl groups excluding tert-OH is 1. The van der Waals surface area contributed by atoms with Gasteiger partial charge < -0.3 is 39.0 Å². The second kappa shape index (κ2) is 19.3. The first kappa shape index (κ1) is 46.1. The highest BCUT2D eigenvalue weighted by molar-refractivity contribution is 7.10. The highest BCUT2D eigenvalue weighted by Gasteiger charge is 2.48. The van der Waals surface area contributed by atoms with Gasteiger partial charge in [0.15, 0.2) is 5.54 Å². The number of alkyl carbamates (subject to hydrolysis) is 1. The normalized spacial score (nSPS) is 18.2. The average Bonchev–Trinajstić information content (AvgIpc) is 3.85. The monoisotopic (exact) mass is 862 g/mol. The number of amides is 2. The molecule has 6 rings (SSSR count). The molecule has 5 heterocycles. The van der Waals surface area contributed by atoms with Crippen molar-refractivity contribution >= 4 is 40.2 Å². The third-order valence-corrected chi connectivity index (χ3v) is 12.4. The minimum absolute atomic E-state index is 0.0354. The molecule has 0 bridgehead atoms. The van der Waals surface area contributed by atoms with Crippen molar-refractivity contribution in [2.75, 3.05) is 40.1 Å². The second-order valence-electron chi connectivity index (χ2n) is 17.7. The Kier molecular flexibility index (Phi) is 14.6. The van der Waals surface area contributed by atoms with E-state index in [-0.39, 0.29) is 31.8 Å². The maximum Gasteiger partial charge on any atom is 0.408 e. The number of aromatic nitrogens is 3. The van der Waals surface area contributed by atoms with Gasteiger partial charge in [-0.05, 0) is 101 Å². The van der Waals surface area contributed by atoms with Crippen LogP contribution >= 0.6 is 11.3 Å². The number of ether oxygens (including phenoxy) is 4. The number of fused-ring (bicyclic) bond motifs is 1. The lowest BCUT2D eigenvalue weighted by atomic mass is 9.84. The number of pyridine rings is 1. The topological polar surface area (TPSA) is 187 Å². The molecule has 4 N–H and O–H groups in total. The number of nitrogens with one attached hydrogen (secondary N) is 2. The number of methoxy groups -OCH3 is 1. The minimum Gasteiger partial charge on any atom is -0.480 e. The molecule has 2 saturated heterocycles. The molecule has 2 amide bonds. The van der Waals surface area contributed by atoms with E-state index in [4.69, 9.17) is 28.9 Å². The largest absolute Gasteiger partial charge is 0.480 e. The van der Waals surface area contributed by atoms with E-state index in [0.717, 1.165) is 51.8 Å². The van der Waals surface area contributed by atoms with E-state index in [1.54, 1.807) is 41.0 Å². The van der Waals surface area contributed by atoms with Gasteiger partial charge in [0.1, 0.15) is 16.7 Å². The maximum absolute atomic E-state index is 14.6. The van der Waals surface area contributed by atoms with Crippen LogP contribution < -0.4 is 10.7 Å². The molecule has 2 aliphatic rings. The number of rotatable bonds is 16. The van der Waals surface area contributed by atoms with Crippen LogP contribution in [0.4, 0.5) is 4.79 Å². The van der Waals surface area contributed by atoms with E-state index in [1.807, 2.05) is 38.3 Å². The van der Waals surface area contributed by atoms with Crippen LogP contribution in [-0.4, -0.2) is 106 Å². The van der Waals surface area contributed by atoms with Crippen molar-refractivity contribution in [1.29, 1.82) is 0 Å². The zero-order chi connectivity index (χ0) is 44.1. The van der Waals surface area contributed by atoms with Crippen LogP contribution in [-0.2, 0) is 47.0 Å². The van der Waals surface area contributed by atoms with Gasteiger partial charge in [-0.3, -0.25) is 19.6 Å². The summed E-state index contributed by atoms with van der Waals surface area (Å²) in [6, 6.07) is 9.23. The van der Waals surface area contributed by atoms with Crippen molar-refractivity contribution in [2.24, 2.45) is 5.41 Å². The van der Waals surface area contributed by atoms with E-state index in [0.29, 0.717) is 56.3 Å². The van der Waals surface area contributed by atoms with Gasteiger partial charge in [-0.15, -0.1) is 11.3 Å². The lowest BCUT2D eigenvalue weighted by molar-refractivity contribution is -0.150. The number of carbonyl (C=O) groups excluding carboxylic acids is 2. The summed E-state index contributed by atoms with van der Waals surface area (Å²) >= 11 is 1.24. The van der Waals surface area contributed by atoms with Crippen molar-refractivity contribution in [3.63, 3.8) is 0 Å². The Balaban J connectivity index is 1.49. The Morgan fingerprint density at radius 3 is 2.54 bits per heavy atom. The Morgan fingerprint density at radius 1 is 1.11 bits per heavy atom. The first-order valence-electron chi connectivity index (χ1n) is 21.2. The zero-order valence-corrected chi connectivity index (χ0v) is 37.5. The number of carboxylic acid groups (broad SMARTS) is 1. The molecule has 16 heteroatoms. The number of hydrogen-bond acceptors (Lipinski definition) is 12. The lowest BCUT2D eigenvalue weighted by Crippen LogP contribution is -2.64. The molecule has 2 aliphatic heterocycles.